The van der Waals surface area contributed by atoms with Gasteiger partial charge in [0.15, 0.2) is 0 Å². The van der Waals surface area contributed by atoms with E-state index < -0.39 is 0 Å². The van der Waals surface area contributed by atoms with E-state index in [-0.39, 0.29) is 11.9 Å². The van der Waals surface area contributed by atoms with Crippen LogP contribution in [0.4, 0.5) is 4.39 Å². The predicted octanol–water partition coefficient (Wildman–Crippen LogP) is 5.02. The third-order valence-electron chi connectivity index (χ3n) is 3.95. The first kappa shape index (κ1) is 16.2. The summed E-state index contributed by atoms with van der Waals surface area (Å²) in [6, 6.07) is 9.44. The minimum absolute atomic E-state index is 0.0549. The summed E-state index contributed by atoms with van der Waals surface area (Å²) >= 11 is 3.47. The summed E-state index contributed by atoms with van der Waals surface area (Å²) < 4.78 is 15.0. The third kappa shape index (κ3) is 3.53. The predicted molar refractivity (Wildman–Crippen MR) is 90.3 cm³/mol. The van der Waals surface area contributed by atoms with Gasteiger partial charge in [0.05, 0.1) is 0 Å². The largest absolute Gasteiger partial charge is 0.313 e. The fraction of sp³-hybridized carbons (Fsp3) is 0.333. The minimum atomic E-state index is -0.175. The molecule has 0 spiro atoms. The van der Waals surface area contributed by atoms with Crippen LogP contribution in [0, 0.1) is 26.6 Å². The zero-order valence-corrected chi connectivity index (χ0v) is 14.5. The molecule has 2 aromatic carbocycles. The van der Waals surface area contributed by atoms with Gasteiger partial charge in [-0.25, -0.2) is 4.39 Å². The van der Waals surface area contributed by atoms with E-state index in [1.54, 1.807) is 6.07 Å². The van der Waals surface area contributed by atoms with Crippen LogP contribution in [0.5, 0.6) is 0 Å². The minimum Gasteiger partial charge on any atom is -0.313 e. The number of halogens is 2. The summed E-state index contributed by atoms with van der Waals surface area (Å²) in [7, 11) is 1.88. The SMILES string of the molecule is CNC(Cc1c(C)cc(C)cc1C)c1c(F)cccc1Br. The Morgan fingerprint density at radius 1 is 1.14 bits per heavy atom. The Morgan fingerprint density at radius 2 is 1.76 bits per heavy atom. The average Bonchev–Trinajstić information content (AvgIpc) is 2.40. The number of aryl methyl sites for hydroxylation is 3. The summed E-state index contributed by atoms with van der Waals surface area (Å²) in [5, 5.41) is 3.25. The highest BCUT2D eigenvalue weighted by Gasteiger charge is 2.19. The maximum atomic E-state index is 14.2. The molecule has 0 aromatic heterocycles. The lowest BCUT2D eigenvalue weighted by atomic mass is 9.91. The van der Waals surface area contributed by atoms with E-state index >= 15 is 0 Å². The van der Waals surface area contributed by atoms with E-state index in [2.05, 4.69) is 54.2 Å². The normalized spacial score (nSPS) is 12.5. The molecule has 2 rings (SSSR count). The van der Waals surface area contributed by atoms with E-state index in [1.165, 1.54) is 28.3 Å². The van der Waals surface area contributed by atoms with Crippen molar-refractivity contribution in [3.63, 3.8) is 0 Å². The third-order valence-corrected chi connectivity index (χ3v) is 4.64. The molecule has 0 fully saturated rings. The zero-order chi connectivity index (χ0) is 15.6. The Balaban J connectivity index is 2.41. The number of hydrogen-bond donors (Lipinski definition) is 1. The molecule has 0 radical (unpaired) electrons. The molecular weight excluding hydrogens is 329 g/mol. The molecule has 0 saturated carbocycles. The molecule has 0 bridgehead atoms. The average molecular weight is 350 g/mol. The molecule has 0 saturated heterocycles. The molecule has 1 atom stereocenters. The molecule has 112 valence electrons. The van der Waals surface area contributed by atoms with Gasteiger partial charge in [0, 0.05) is 16.1 Å². The van der Waals surface area contributed by atoms with Gasteiger partial charge in [0.25, 0.3) is 0 Å². The molecule has 0 aliphatic heterocycles. The molecular formula is C18H21BrFN. The van der Waals surface area contributed by atoms with E-state index in [9.17, 15) is 4.39 Å². The number of likely N-dealkylation sites (N-methyl/N-ethyl adjacent to an activating group) is 1. The van der Waals surface area contributed by atoms with Crippen molar-refractivity contribution in [1.29, 1.82) is 0 Å². The van der Waals surface area contributed by atoms with Crippen molar-refractivity contribution in [1.82, 2.24) is 5.32 Å². The number of rotatable bonds is 4. The quantitative estimate of drug-likeness (QED) is 0.817. The maximum Gasteiger partial charge on any atom is 0.129 e. The van der Waals surface area contributed by atoms with Crippen molar-refractivity contribution in [2.45, 2.75) is 33.2 Å². The maximum absolute atomic E-state index is 14.2. The summed E-state index contributed by atoms with van der Waals surface area (Å²) in [6.45, 7) is 6.35. The van der Waals surface area contributed by atoms with Gasteiger partial charge in [0.2, 0.25) is 0 Å². The molecule has 3 heteroatoms. The van der Waals surface area contributed by atoms with Crippen LogP contribution in [0.3, 0.4) is 0 Å². The second-order valence-electron chi connectivity index (χ2n) is 5.56. The van der Waals surface area contributed by atoms with E-state index in [4.69, 9.17) is 0 Å². The van der Waals surface area contributed by atoms with Crippen LogP contribution in [0.1, 0.15) is 33.9 Å². The lowest BCUT2D eigenvalue weighted by Gasteiger charge is -2.21. The Labute approximate surface area is 134 Å². The van der Waals surface area contributed by atoms with Crippen LogP contribution in [0.25, 0.3) is 0 Å². The van der Waals surface area contributed by atoms with Gasteiger partial charge in [-0.15, -0.1) is 0 Å². The lowest BCUT2D eigenvalue weighted by Crippen LogP contribution is -2.21. The smallest absolute Gasteiger partial charge is 0.129 e. The van der Waals surface area contributed by atoms with Crippen LogP contribution in [-0.2, 0) is 6.42 Å². The molecule has 0 aliphatic rings. The van der Waals surface area contributed by atoms with Gasteiger partial charge in [-0.2, -0.15) is 0 Å². The van der Waals surface area contributed by atoms with Crippen molar-refractivity contribution in [2.75, 3.05) is 7.05 Å². The van der Waals surface area contributed by atoms with Crippen LogP contribution in [0.15, 0.2) is 34.8 Å². The summed E-state index contributed by atoms with van der Waals surface area (Å²) in [5.74, 6) is -0.175. The first-order valence-electron chi connectivity index (χ1n) is 7.12. The fourth-order valence-corrected chi connectivity index (χ4v) is 3.55. The van der Waals surface area contributed by atoms with Crippen molar-refractivity contribution in [2.24, 2.45) is 0 Å². The Hall–Kier alpha value is -1.19. The number of nitrogens with one attached hydrogen (secondary N) is 1. The highest BCUT2D eigenvalue weighted by atomic mass is 79.9. The van der Waals surface area contributed by atoms with Gasteiger partial charge in [0.1, 0.15) is 5.82 Å². The Kier molecular flexibility index (Phi) is 5.17. The number of hydrogen-bond acceptors (Lipinski definition) is 1. The fourth-order valence-electron chi connectivity index (χ4n) is 2.93. The van der Waals surface area contributed by atoms with Crippen LogP contribution >= 0.6 is 15.9 Å². The van der Waals surface area contributed by atoms with E-state index in [0.717, 1.165) is 10.9 Å². The molecule has 21 heavy (non-hydrogen) atoms. The molecule has 0 aliphatic carbocycles. The highest BCUT2D eigenvalue weighted by Crippen LogP contribution is 2.30. The molecule has 0 heterocycles. The van der Waals surface area contributed by atoms with Gasteiger partial charge in [-0.05, 0) is 63.1 Å². The summed E-state index contributed by atoms with van der Waals surface area (Å²) in [6.07, 6.45) is 0.772. The monoisotopic (exact) mass is 349 g/mol. The molecule has 1 N–H and O–H groups in total. The van der Waals surface area contributed by atoms with Gasteiger partial charge in [-0.3, -0.25) is 0 Å². The van der Waals surface area contributed by atoms with Crippen molar-refractivity contribution in [3.8, 4) is 0 Å². The van der Waals surface area contributed by atoms with Gasteiger partial charge >= 0.3 is 0 Å². The lowest BCUT2D eigenvalue weighted by molar-refractivity contribution is 0.530. The Bertz CT molecular complexity index is 608. The molecule has 1 nitrogen and oxygen atoms in total. The highest BCUT2D eigenvalue weighted by molar-refractivity contribution is 9.10. The van der Waals surface area contributed by atoms with E-state index in [1.807, 2.05) is 13.1 Å². The molecule has 2 aromatic rings. The second-order valence-corrected chi connectivity index (χ2v) is 6.41. The van der Waals surface area contributed by atoms with Crippen molar-refractivity contribution < 1.29 is 4.39 Å². The van der Waals surface area contributed by atoms with Gasteiger partial charge < -0.3 is 5.32 Å². The number of benzene rings is 2. The second kappa shape index (κ2) is 6.71. The van der Waals surface area contributed by atoms with Crippen LogP contribution in [0.2, 0.25) is 0 Å². The molecule has 0 amide bonds. The van der Waals surface area contributed by atoms with Crippen LogP contribution in [-0.4, -0.2) is 7.05 Å². The summed E-state index contributed by atoms with van der Waals surface area (Å²) in [5.41, 5.74) is 5.77. The standard InChI is InChI=1S/C18H21BrFN/c1-11-8-12(2)14(13(3)9-11)10-17(21-4)18-15(19)6-5-7-16(18)20/h5-9,17,21H,10H2,1-4H3. The molecule has 1 unspecified atom stereocenters. The van der Waals surface area contributed by atoms with Crippen LogP contribution < -0.4 is 5.32 Å². The summed E-state index contributed by atoms with van der Waals surface area (Å²) in [4.78, 5) is 0. The zero-order valence-electron chi connectivity index (χ0n) is 12.9. The first-order valence-corrected chi connectivity index (χ1v) is 7.91. The van der Waals surface area contributed by atoms with Crippen molar-refractivity contribution in [3.05, 3.63) is 68.4 Å². The van der Waals surface area contributed by atoms with Gasteiger partial charge in [-0.1, -0.05) is 39.7 Å². The van der Waals surface area contributed by atoms with E-state index in [0.29, 0.717) is 5.56 Å². The first-order chi connectivity index (χ1) is 9.93. The Morgan fingerprint density at radius 3 is 2.29 bits per heavy atom. The topological polar surface area (TPSA) is 12.0 Å². The van der Waals surface area contributed by atoms with Crippen molar-refractivity contribution >= 4 is 15.9 Å².